The van der Waals surface area contributed by atoms with Gasteiger partial charge in [-0.1, -0.05) is 296 Å². The van der Waals surface area contributed by atoms with Gasteiger partial charge in [-0.2, -0.15) is 0 Å². The molecule has 8 nitrogen and oxygen atoms in total. The van der Waals surface area contributed by atoms with Gasteiger partial charge in [0, 0.05) is 6.42 Å². The first-order chi connectivity index (χ1) is 32.5. The molecule has 0 aliphatic heterocycles. The summed E-state index contributed by atoms with van der Waals surface area (Å²) in [5.74, 6) is -0.157. The molecule has 402 valence electrons. The van der Waals surface area contributed by atoms with E-state index in [4.69, 9.17) is 9.05 Å². The average molecular weight is 972 g/mol. The van der Waals surface area contributed by atoms with Crippen molar-refractivity contribution in [2.24, 2.45) is 0 Å². The van der Waals surface area contributed by atoms with E-state index in [0.29, 0.717) is 23.9 Å². The van der Waals surface area contributed by atoms with Crippen LogP contribution in [0.1, 0.15) is 316 Å². The van der Waals surface area contributed by atoms with E-state index in [2.05, 4.69) is 19.2 Å². The number of phosphoric acid groups is 1. The molecular weight excluding hydrogens is 852 g/mol. The van der Waals surface area contributed by atoms with Crippen molar-refractivity contribution in [3.05, 3.63) is 0 Å². The molecule has 0 aliphatic carbocycles. The van der Waals surface area contributed by atoms with Crippen molar-refractivity contribution < 1.29 is 32.9 Å². The number of hydrogen-bond donors (Lipinski definition) is 2. The van der Waals surface area contributed by atoms with Crippen molar-refractivity contribution in [3.63, 3.8) is 0 Å². The summed E-state index contributed by atoms with van der Waals surface area (Å²) in [4.78, 5) is 25.5. The number of rotatable bonds is 56. The molecule has 0 aromatic carbocycles. The summed E-state index contributed by atoms with van der Waals surface area (Å²) in [7, 11) is 1.32. The predicted molar refractivity (Wildman–Crippen MR) is 289 cm³/mol. The normalized spacial score (nSPS) is 13.8. The summed E-state index contributed by atoms with van der Waals surface area (Å²) < 4.78 is 23.4. The lowest BCUT2D eigenvalue weighted by Crippen LogP contribution is -2.46. The van der Waals surface area contributed by atoms with Crippen LogP contribution in [0.2, 0.25) is 0 Å². The molecule has 0 heterocycles. The number of unbranched alkanes of at least 4 members (excludes halogenated alkanes) is 43. The number of carbonyl (C=O) groups is 1. The second-order valence-electron chi connectivity index (χ2n) is 22.1. The SMILES string of the molecule is CCCCCCCCCCCCCCCCCCCCCCCCCCCCCCCCCCC(=O)NC(COP(=O)([O-])OCC[N+](C)(C)C)C(O)CCCCCCCCCCCCCCC. The van der Waals surface area contributed by atoms with Crippen molar-refractivity contribution in [3.8, 4) is 0 Å². The fraction of sp³-hybridized carbons (Fsp3) is 0.983. The van der Waals surface area contributed by atoms with E-state index in [1.54, 1.807) is 0 Å². The van der Waals surface area contributed by atoms with E-state index in [0.717, 1.165) is 38.5 Å². The molecule has 0 saturated heterocycles. The second-order valence-corrected chi connectivity index (χ2v) is 23.5. The van der Waals surface area contributed by atoms with Crippen molar-refractivity contribution in [1.29, 1.82) is 0 Å². The number of phosphoric ester groups is 1. The standard InChI is InChI=1S/C58H119N2O6P/c1-6-8-10-12-14-16-18-20-21-22-23-24-25-26-27-28-29-30-31-32-33-34-35-36-37-38-40-42-44-46-48-50-52-58(62)59-56(55-66-67(63,64)65-54-53-60(3,4)5)57(61)51-49-47-45-43-41-39-19-17-15-13-11-9-7-2/h56-57,61H,6-55H2,1-5H3,(H-,59,62,63,64). The Kier molecular flexibility index (Phi) is 50.1. The number of amides is 1. The Labute approximate surface area is 419 Å². The third kappa shape index (κ3) is 53.1. The zero-order valence-corrected chi connectivity index (χ0v) is 46.8. The predicted octanol–water partition coefficient (Wildman–Crippen LogP) is 17.4. The minimum atomic E-state index is -4.56. The van der Waals surface area contributed by atoms with Gasteiger partial charge in [0.05, 0.1) is 39.9 Å². The third-order valence-electron chi connectivity index (χ3n) is 14.1. The highest BCUT2D eigenvalue weighted by atomic mass is 31.2. The van der Waals surface area contributed by atoms with Crippen molar-refractivity contribution in [1.82, 2.24) is 5.32 Å². The summed E-state index contributed by atoms with van der Waals surface area (Å²) in [5, 5.41) is 14.0. The maximum absolute atomic E-state index is 13.0. The Morgan fingerprint density at radius 1 is 0.463 bits per heavy atom. The Balaban J connectivity index is 3.92. The highest BCUT2D eigenvalue weighted by Crippen LogP contribution is 2.38. The van der Waals surface area contributed by atoms with E-state index in [1.807, 2.05) is 21.1 Å². The molecule has 0 rings (SSSR count). The highest BCUT2D eigenvalue weighted by molar-refractivity contribution is 7.45. The number of aliphatic hydroxyl groups is 1. The van der Waals surface area contributed by atoms with Crippen LogP contribution < -0.4 is 10.2 Å². The van der Waals surface area contributed by atoms with E-state index in [-0.39, 0.29) is 19.1 Å². The topological polar surface area (TPSA) is 108 Å². The Hall–Kier alpha value is -0.500. The smallest absolute Gasteiger partial charge is 0.268 e. The average Bonchev–Trinajstić information content (AvgIpc) is 3.29. The number of nitrogens with one attached hydrogen (secondary N) is 1. The minimum absolute atomic E-state index is 0.0164. The third-order valence-corrected chi connectivity index (χ3v) is 15.1. The van der Waals surface area contributed by atoms with Crippen LogP contribution in [0.15, 0.2) is 0 Å². The zero-order valence-electron chi connectivity index (χ0n) is 45.9. The molecule has 2 N–H and O–H groups in total. The van der Waals surface area contributed by atoms with Gasteiger partial charge in [-0.3, -0.25) is 9.36 Å². The summed E-state index contributed by atoms with van der Waals surface area (Å²) in [5.41, 5.74) is 0. The van der Waals surface area contributed by atoms with Crippen LogP contribution in [0.25, 0.3) is 0 Å². The first kappa shape index (κ1) is 66.5. The number of aliphatic hydroxyl groups excluding tert-OH is 1. The second kappa shape index (κ2) is 50.4. The van der Waals surface area contributed by atoms with Crippen LogP contribution in [0.5, 0.6) is 0 Å². The van der Waals surface area contributed by atoms with Crippen LogP contribution >= 0.6 is 7.82 Å². The monoisotopic (exact) mass is 971 g/mol. The van der Waals surface area contributed by atoms with Gasteiger partial charge < -0.3 is 28.8 Å². The largest absolute Gasteiger partial charge is 0.756 e. The Morgan fingerprint density at radius 3 is 1.01 bits per heavy atom. The molecule has 0 radical (unpaired) electrons. The molecule has 0 bridgehead atoms. The Morgan fingerprint density at radius 2 is 0.731 bits per heavy atom. The lowest BCUT2D eigenvalue weighted by molar-refractivity contribution is -0.870. The first-order valence-electron chi connectivity index (χ1n) is 29.9. The summed E-state index contributed by atoms with van der Waals surface area (Å²) in [6.45, 7) is 4.77. The van der Waals surface area contributed by atoms with E-state index in [1.165, 1.54) is 250 Å². The number of hydrogen-bond acceptors (Lipinski definition) is 6. The molecule has 0 spiro atoms. The summed E-state index contributed by atoms with van der Waals surface area (Å²) >= 11 is 0. The summed E-state index contributed by atoms with van der Waals surface area (Å²) in [6.07, 6.45) is 60.2. The van der Waals surface area contributed by atoms with Gasteiger partial charge in [0.15, 0.2) is 0 Å². The fourth-order valence-electron chi connectivity index (χ4n) is 9.40. The van der Waals surface area contributed by atoms with Gasteiger partial charge in [0.1, 0.15) is 13.2 Å². The van der Waals surface area contributed by atoms with Crippen LogP contribution in [0, 0.1) is 0 Å². The molecule has 0 aromatic rings. The van der Waals surface area contributed by atoms with Crippen LogP contribution in [0.4, 0.5) is 0 Å². The fourth-order valence-corrected chi connectivity index (χ4v) is 10.1. The molecule has 9 heteroatoms. The van der Waals surface area contributed by atoms with Crippen molar-refractivity contribution in [2.45, 2.75) is 328 Å². The lowest BCUT2D eigenvalue weighted by Gasteiger charge is -2.30. The number of carbonyl (C=O) groups excluding carboxylic acids is 1. The maximum atomic E-state index is 13.0. The van der Waals surface area contributed by atoms with Gasteiger partial charge in [-0.15, -0.1) is 0 Å². The first-order valence-corrected chi connectivity index (χ1v) is 31.3. The van der Waals surface area contributed by atoms with E-state index in [9.17, 15) is 19.4 Å². The molecular formula is C58H119N2O6P. The maximum Gasteiger partial charge on any atom is 0.268 e. The summed E-state index contributed by atoms with van der Waals surface area (Å²) in [6, 6.07) is -0.794. The molecule has 3 unspecified atom stereocenters. The van der Waals surface area contributed by atoms with Gasteiger partial charge in [0.2, 0.25) is 5.91 Å². The van der Waals surface area contributed by atoms with Gasteiger partial charge in [-0.25, -0.2) is 0 Å². The molecule has 0 fully saturated rings. The molecule has 1 amide bonds. The van der Waals surface area contributed by atoms with E-state index >= 15 is 0 Å². The molecule has 0 aliphatic rings. The van der Waals surface area contributed by atoms with Crippen molar-refractivity contribution >= 4 is 13.7 Å². The molecule has 67 heavy (non-hydrogen) atoms. The zero-order chi connectivity index (χ0) is 49.2. The number of likely N-dealkylation sites (N-methyl/N-ethyl adjacent to an activating group) is 1. The molecule has 0 saturated carbocycles. The minimum Gasteiger partial charge on any atom is -0.756 e. The van der Waals surface area contributed by atoms with Gasteiger partial charge in [0.25, 0.3) is 7.82 Å². The van der Waals surface area contributed by atoms with Gasteiger partial charge in [-0.05, 0) is 12.8 Å². The number of nitrogens with zero attached hydrogens (tertiary/aromatic N) is 1. The molecule has 3 atom stereocenters. The highest BCUT2D eigenvalue weighted by Gasteiger charge is 2.24. The van der Waals surface area contributed by atoms with Crippen LogP contribution in [0.3, 0.4) is 0 Å². The van der Waals surface area contributed by atoms with Crippen molar-refractivity contribution in [2.75, 3.05) is 40.9 Å². The number of quaternary nitrogens is 1. The van der Waals surface area contributed by atoms with Crippen LogP contribution in [-0.2, 0) is 18.4 Å². The quantitative estimate of drug-likeness (QED) is 0.0357. The van der Waals surface area contributed by atoms with Gasteiger partial charge >= 0.3 is 0 Å². The van der Waals surface area contributed by atoms with E-state index < -0.39 is 20.0 Å². The Bertz CT molecular complexity index is 1060. The van der Waals surface area contributed by atoms with Crippen LogP contribution in [-0.4, -0.2) is 68.5 Å². The molecule has 0 aromatic heterocycles. The lowest BCUT2D eigenvalue weighted by atomic mass is 10.0.